The Hall–Kier alpha value is -1.56. The molecule has 0 aromatic carbocycles. The Kier molecular flexibility index (Phi) is 2.86. The summed E-state index contributed by atoms with van der Waals surface area (Å²) in [5, 5.41) is 8.79. The van der Waals surface area contributed by atoms with Crippen LogP contribution in [-0.2, 0) is 6.42 Å². The van der Waals surface area contributed by atoms with Crippen LogP contribution in [0.4, 0.5) is 0 Å². The minimum Gasteiger partial charge on any atom is -0.480 e. The number of methoxy groups -OCH3 is 1. The van der Waals surface area contributed by atoms with Gasteiger partial charge in [0.2, 0.25) is 5.88 Å². The van der Waals surface area contributed by atoms with Crippen molar-refractivity contribution < 1.29 is 4.74 Å². The molecule has 1 heterocycles. The number of nitrogens with zero attached hydrogens (tertiary/aromatic N) is 2. The minimum absolute atomic E-state index is 0.414. The van der Waals surface area contributed by atoms with E-state index in [0.717, 1.165) is 17.7 Å². The first kappa shape index (κ1) is 9.53. The fourth-order valence-electron chi connectivity index (χ4n) is 1.22. The van der Waals surface area contributed by atoms with Crippen molar-refractivity contribution >= 4 is 0 Å². The first-order valence-corrected chi connectivity index (χ1v) is 4.17. The zero-order chi connectivity index (χ0) is 9.84. The van der Waals surface area contributed by atoms with Gasteiger partial charge in [0, 0.05) is 5.69 Å². The Balaban J connectivity index is 3.28. The highest BCUT2D eigenvalue weighted by Crippen LogP contribution is 2.18. The molecule has 0 fully saturated rings. The molecule has 1 rings (SSSR count). The lowest BCUT2D eigenvalue weighted by Crippen LogP contribution is -1.98. The number of nitriles is 1. The molecule has 3 heteroatoms. The summed E-state index contributed by atoms with van der Waals surface area (Å²) in [5.74, 6) is 0.414. The average Bonchev–Trinajstić information content (AvgIpc) is 2.17. The van der Waals surface area contributed by atoms with Crippen LogP contribution in [0.25, 0.3) is 0 Å². The van der Waals surface area contributed by atoms with Crippen LogP contribution < -0.4 is 4.74 Å². The molecule has 1 aromatic rings. The molecule has 0 saturated carbocycles. The Bertz CT molecular complexity index is 353. The predicted molar refractivity (Wildman–Crippen MR) is 49.6 cm³/mol. The van der Waals surface area contributed by atoms with Crippen molar-refractivity contribution in [2.24, 2.45) is 0 Å². The highest BCUT2D eigenvalue weighted by Gasteiger charge is 2.07. The Labute approximate surface area is 78.0 Å². The smallest absolute Gasteiger partial charge is 0.231 e. The normalized spacial score (nSPS) is 9.38. The second kappa shape index (κ2) is 3.90. The van der Waals surface area contributed by atoms with Gasteiger partial charge in [-0.05, 0) is 25.0 Å². The molecule has 0 radical (unpaired) electrons. The van der Waals surface area contributed by atoms with E-state index < -0.39 is 0 Å². The second-order valence-corrected chi connectivity index (χ2v) is 2.76. The number of pyridine rings is 1. The molecule has 0 amide bonds. The zero-order valence-electron chi connectivity index (χ0n) is 8.09. The molecule has 68 valence electrons. The van der Waals surface area contributed by atoms with Crippen molar-refractivity contribution in [3.8, 4) is 11.9 Å². The molecule has 0 N–H and O–H groups in total. The molecule has 0 unspecified atom stereocenters. The first-order chi connectivity index (χ1) is 6.22. The minimum atomic E-state index is 0.414. The molecular formula is C10H12N2O. The molecule has 0 saturated heterocycles. The van der Waals surface area contributed by atoms with Gasteiger partial charge >= 0.3 is 0 Å². The van der Waals surface area contributed by atoms with Gasteiger partial charge in [-0.15, -0.1) is 0 Å². The maximum absolute atomic E-state index is 8.79. The standard InChI is InChI=1S/C10H12N2O/c1-4-8-5-9(6-11)10(13-3)12-7(8)2/h5H,4H2,1-3H3. The molecule has 0 aliphatic heterocycles. The van der Waals surface area contributed by atoms with Crippen LogP contribution in [0.5, 0.6) is 5.88 Å². The highest BCUT2D eigenvalue weighted by molar-refractivity contribution is 5.42. The van der Waals surface area contributed by atoms with Gasteiger partial charge in [-0.2, -0.15) is 5.26 Å². The van der Waals surface area contributed by atoms with E-state index in [1.807, 2.05) is 19.9 Å². The van der Waals surface area contributed by atoms with Crippen molar-refractivity contribution in [1.29, 1.82) is 5.26 Å². The van der Waals surface area contributed by atoms with Crippen LogP contribution >= 0.6 is 0 Å². The number of ether oxygens (including phenoxy) is 1. The second-order valence-electron chi connectivity index (χ2n) is 2.76. The molecule has 3 nitrogen and oxygen atoms in total. The van der Waals surface area contributed by atoms with E-state index >= 15 is 0 Å². The molecule has 13 heavy (non-hydrogen) atoms. The summed E-state index contributed by atoms with van der Waals surface area (Å²) >= 11 is 0. The van der Waals surface area contributed by atoms with E-state index in [4.69, 9.17) is 10.00 Å². The van der Waals surface area contributed by atoms with Gasteiger partial charge in [-0.1, -0.05) is 6.92 Å². The third-order valence-electron chi connectivity index (χ3n) is 1.98. The van der Waals surface area contributed by atoms with Gasteiger partial charge in [0.05, 0.1) is 7.11 Å². The molecular weight excluding hydrogens is 164 g/mol. The number of aryl methyl sites for hydroxylation is 2. The fourth-order valence-corrected chi connectivity index (χ4v) is 1.22. The molecule has 0 aliphatic rings. The van der Waals surface area contributed by atoms with Crippen molar-refractivity contribution in [3.05, 3.63) is 22.9 Å². The Morgan fingerprint density at radius 2 is 2.31 bits per heavy atom. The summed E-state index contributed by atoms with van der Waals surface area (Å²) in [6.07, 6.45) is 0.886. The summed E-state index contributed by atoms with van der Waals surface area (Å²) < 4.78 is 4.98. The lowest BCUT2D eigenvalue weighted by molar-refractivity contribution is 0.395. The summed E-state index contributed by atoms with van der Waals surface area (Å²) in [7, 11) is 1.52. The SMILES string of the molecule is CCc1cc(C#N)c(OC)nc1C. The zero-order valence-corrected chi connectivity index (χ0v) is 8.09. The van der Waals surface area contributed by atoms with Gasteiger partial charge in [0.25, 0.3) is 0 Å². The summed E-state index contributed by atoms with van der Waals surface area (Å²) in [6.45, 7) is 3.96. The highest BCUT2D eigenvalue weighted by atomic mass is 16.5. The van der Waals surface area contributed by atoms with Gasteiger partial charge < -0.3 is 4.74 Å². The van der Waals surface area contributed by atoms with Gasteiger partial charge in [-0.25, -0.2) is 4.98 Å². The lowest BCUT2D eigenvalue weighted by Gasteiger charge is -2.06. The topological polar surface area (TPSA) is 45.9 Å². The van der Waals surface area contributed by atoms with Crippen LogP contribution in [0.3, 0.4) is 0 Å². The third-order valence-corrected chi connectivity index (χ3v) is 1.98. The number of hydrogen-bond donors (Lipinski definition) is 0. The Morgan fingerprint density at radius 3 is 2.77 bits per heavy atom. The van der Waals surface area contributed by atoms with Crippen LogP contribution in [0, 0.1) is 18.3 Å². The fraction of sp³-hybridized carbons (Fsp3) is 0.400. The maximum atomic E-state index is 8.79. The number of rotatable bonds is 2. The molecule has 0 aliphatic carbocycles. The summed E-state index contributed by atoms with van der Waals surface area (Å²) in [6, 6.07) is 3.90. The van der Waals surface area contributed by atoms with Crippen molar-refractivity contribution in [2.45, 2.75) is 20.3 Å². The summed E-state index contributed by atoms with van der Waals surface area (Å²) in [4.78, 5) is 4.19. The third kappa shape index (κ3) is 1.78. The first-order valence-electron chi connectivity index (χ1n) is 4.17. The van der Waals surface area contributed by atoms with E-state index in [0.29, 0.717) is 11.4 Å². The van der Waals surface area contributed by atoms with Crippen LogP contribution in [0.15, 0.2) is 6.07 Å². The number of aromatic nitrogens is 1. The average molecular weight is 176 g/mol. The van der Waals surface area contributed by atoms with Gasteiger partial charge in [0.1, 0.15) is 11.6 Å². The maximum Gasteiger partial charge on any atom is 0.231 e. The van der Waals surface area contributed by atoms with Crippen molar-refractivity contribution in [1.82, 2.24) is 4.98 Å². The number of hydrogen-bond acceptors (Lipinski definition) is 3. The van der Waals surface area contributed by atoms with Crippen LogP contribution in [-0.4, -0.2) is 12.1 Å². The van der Waals surface area contributed by atoms with E-state index in [1.165, 1.54) is 7.11 Å². The summed E-state index contributed by atoms with van der Waals surface area (Å²) in [5.41, 5.74) is 2.53. The molecule has 0 bridgehead atoms. The quantitative estimate of drug-likeness (QED) is 0.690. The van der Waals surface area contributed by atoms with E-state index in [2.05, 4.69) is 11.1 Å². The molecule has 1 aromatic heterocycles. The largest absolute Gasteiger partial charge is 0.480 e. The molecule has 0 spiro atoms. The Morgan fingerprint density at radius 1 is 1.62 bits per heavy atom. The monoisotopic (exact) mass is 176 g/mol. The predicted octanol–water partition coefficient (Wildman–Crippen LogP) is 1.83. The van der Waals surface area contributed by atoms with E-state index in [9.17, 15) is 0 Å². The van der Waals surface area contributed by atoms with Crippen molar-refractivity contribution in [3.63, 3.8) is 0 Å². The van der Waals surface area contributed by atoms with Gasteiger partial charge in [0.15, 0.2) is 0 Å². The van der Waals surface area contributed by atoms with E-state index in [-0.39, 0.29) is 0 Å². The lowest BCUT2D eigenvalue weighted by atomic mass is 10.1. The van der Waals surface area contributed by atoms with E-state index in [1.54, 1.807) is 0 Å². The molecule has 0 atom stereocenters. The van der Waals surface area contributed by atoms with Crippen LogP contribution in [0.1, 0.15) is 23.7 Å². The van der Waals surface area contributed by atoms with Gasteiger partial charge in [-0.3, -0.25) is 0 Å². The van der Waals surface area contributed by atoms with Crippen LogP contribution in [0.2, 0.25) is 0 Å². The van der Waals surface area contributed by atoms with Crippen molar-refractivity contribution in [2.75, 3.05) is 7.11 Å².